The topological polar surface area (TPSA) is 112 Å². The highest BCUT2D eigenvalue weighted by Crippen LogP contribution is 2.75. The van der Waals surface area contributed by atoms with Crippen molar-refractivity contribution < 1.29 is 18.0 Å². The zero-order valence-electron chi connectivity index (χ0n) is 20.8. The van der Waals surface area contributed by atoms with E-state index >= 15 is 0 Å². The van der Waals surface area contributed by atoms with Gasteiger partial charge in [-0.15, -0.1) is 0 Å². The predicted octanol–water partition coefficient (Wildman–Crippen LogP) is 3.18. The summed E-state index contributed by atoms with van der Waals surface area (Å²) in [7, 11) is -0.307. The van der Waals surface area contributed by atoms with Crippen LogP contribution < -0.4 is 10.0 Å². The lowest BCUT2D eigenvalue weighted by Gasteiger charge is -2.29. The molecule has 0 spiro atoms. The summed E-state index contributed by atoms with van der Waals surface area (Å²) in [5.74, 6) is 0.961. The van der Waals surface area contributed by atoms with E-state index in [1.54, 1.807) is 42.1 Å². The molecule has 36 heavy (non-hydrogen) atoms. The molecule has 0 bridgehead atoms. The first-order chi connectivity index (χ1) is 17.0. The van der Waals surface area contributed by atoms with Crippen molar-refractivity contribution in [1.82, 2.24) is 19.5 Å². The van der Waals surface area contributed by atoms with Gasteiger partial charge in [-0.05, 0) is 80.3 Å². The van der Waals surface area contributed by atoms with E-state index in [4.69, 9.17) is 0 Å². The summed E-state index contributed by atoms with van der Waals surface area (Å²) in [5.41, 5.74) is 1.70. The Morgan fingerprint density at radius 1 is 1.17 bits per heavy atom. The average molecular weight is 510 g/mol. The van der Waals surface area contributed by atoms with E-state index in [9.17, 15) is 18.0 Å². The molecule has 3 saturated carbocycles. The molecule has 2 heterocycles. The van der Waals surface area contributed by atoms with Crippen molar-refractivity contribution in [1.29, 1.82) is 0 Å². The number of pyridine rings is 1. The summed E-state index contributed by atoms with van der Waals surface area (Å²) in [5, 5.41) is 3.75. The Labute approximate surface area is 211 Å². The summed E-state index contributed by atoms with van der Waals surface area (Å²) in [6.07, 6.45) is 6.11. The molecule has 1 aromatic heterocycles. The van der Waals surface area contributed by atoms with E-state index in [-0.39, 0.29) is 22.2 Å². The fourth-order valence-electron chi connectivity index (χ4n) is 5.06. The number of hydrogen-bond donors (Lipinski definition) is 2. The number of nitrogens with one attached hydrogen (secondary N) is 2. The Bertz CT molecular complexity index is 1440. The van der Waals surface area contributed by atoms with Gasteiger partial charge in [-0.1, -0.05) is 6.08 Å². The lowest BCUT2D eigenvalue weighted by atomic mass is 9.95. The first kappa shape index (κ1) is 23.4. The fourth-order valence-corrected chi connectivity index (χ4v) is 6.57. The van der Waals surface area contributed by atoms with Gasteiger partial charge < -0.3 is 15.1 Å². The van der Waals surface area contributed by atoms with Crippen LogP contribution in [0.15, 0.2) is 35.2 Å². The number of fused-ring (bicyclic) bond motifs is 2. The second-order valence-electron chi connectivity index (χ2n) is 11.2. The Morgan fingerprint density at radius 2 is 1.89 bits per heavy atom. The summed E-state index contributed by atoms with van der Waals surface area (Å²) in [4.78, 5) is 33.1. The van der Waals surface area contributed by atoms with Crippen LogP contribution in [0.2, 0.25) is 0 Å². The molecule has 3 fully saturated rings. The van der Waals surface area contributed by atoms with Crippen LogP contribution in [0.5, 0.6) is 0 Å². The maximum Gasteiger partial charge on any atom is 0.319 e. The maximum atomic E-state index is 13.3. The smallest absolute Gasteiger partial charge is 0.319 e. The minimum Gasteiger partial charge on any atom is -0.331 e. The average Bonchev–Trinajstić information content (AvgIpc) is 3.75. The number of urea groups is 1. The molecule has 0 saturated heterocycles. The predicted molar refractivity (Wildman–Crippen MR) is 137 cm³/mol. The Morgan fingerprint density at radius 3 is 2.47 bits per heavy atom. The molecule has 2 aromatic rings. The third kappa shape index (κ3) is 4.06. The Kier molecular flexibility index (Phi) is 5.05. The van der Waals surface area contributed by atoms with Crippen molar-refractivity contribution in [3.8, 4) is 0 Å². The third-order valence-corrected chi connectivity index (χ3v) is 9.67. The first-order valence-electron chi connectivity index (χ1n) is 12.5. The van der Waals surface area contributed by atoms with Crippen LogP contribution in [0.4, 0.5) is 10.6 Å². The summed E-state index contributed by atoms with van der Waals surface area (Å²) in [6, 6.07) is 6.92. The van der Waals surface area contributed by atoms with Gasteiger partial charge in [-0.2, -0.15) is 0 Å². The van der Waals surface area contributed by atoms with Gasteiger partial charge in [0.15, 0.2) is 0 Å². The van der Waals surface area contributed by atoms with Crippen LogP contribution in [0.25, 0.3) is 16.5 Å². The summed E-state index contributed by atoms with van der Waals surface area (Å²) >= 11 is 0. The standard InChI is InChI=1S/C26H31N5O4S/c1-25(8-9-25)29-36(34,35)18-12-20(16-6-10-31(11-7-16)24(33)30(2)3)19-4-5-22(27-21(19)13-18)28-23(32)26-14-17(26)15-26/h4-6,12-13,17,29H,7-11,14-15H2,1-3H3,(H,27,28,32). The number of benzene rings is 1. The highest BCUT2D eigenvalue weighted by molar-refractivity contribution is 7.89. The van der Waals surface area contributed by atoms with Gasteiger partial charge in [0.2, 0.25) is 15.9 Å². The van der Waals surface area contributed by atoms with E-state index < -0.39 is 15.6 Å². The number of carbonyl (C=O) groups excluding carboxylic acids is 2. The van der Waals surface area contributed by atoms with Gasteiger partial charge in [0.25, 0.3) is 0 Å². The van der Waals surface area contributed by atoms with E-state index in [2.05, 4.69) is 15.0 Å². The number of anilines is 1. The van der Waals surface area contributed by atoms with Crippen molar-refractivity contribution in [2.75, 3.05) is 32.5 Å². The molecule has 9 nitrogen and oxygen atoms in total. The largest absolute Gasteiger partial charge is 0.331 e. The molecule has 0 radical (unpaired) electrons. The van der Waals surface area contributed by atoms with E-state index in [0.29, 0.717) is 36.8 Å². The summed E-state index contributed by atoms with van der Waals surface area (Å²) < 4.78 is 29.4. The first-order valence-corrected chi connectivity index (χ1v) is 13.9. The van der Waals surface area contributed by atoms with E-state index in [1.165, 1.54) is 0 Å². The van der Waals surface area contributed by atoms with Crippen molar-refractivity contribution >= 4 is 44.3 Å². The van der Waals surface area contributed by atoms with Gasteiger partial charge in [-0.3, -0.25) is 4.79 Å². The Balaban J connectivity index is 1.38. The van der Waals surface area contributed by atoms with Gasteiger partial charge in [-0.25, -0.2) is 22.9 Å². The van der Waals surface area contributed by atoms with Gasteiger partial charge in [0.1, 0.15) is 5.82 Å². The van der Waals surface area contributed by atoms with Crippen LogP contribution in [-0.4, -0.2) is 67.9 Å². The summed E-state index contributed by atoms with van der Waals surface area (Å²) in [6.45, 7) is 2.90. The quantitative estimate of drug-likeness (QED) is 0.621. The number of nitrogens with zero attached hydrogens (tertiary/aromatic N) is 3. The number of amides is 3. The molecular weight excluding hydrogens is 478 g/mol. The Hall–Kier alpha value is -2.98. The van der Waals surface area contributed by atoms with Crippen LogP contribution in [0.1, 0.15) is 44.6 Å². The van der Waals surface area contributed by atoms with E-state index in [1.807, 2.05) is 19.1 Å². The van der Waals surface area contributed by atoms with Gasteiger partial charge in [0, 0.05) is 38.1 Å². The number of sulfonamides is 1. The van der Waals surface area contributed by atoms with Crippen molar-refractivity contribution in [3.05, 3.63) is 35.9 Å². The number of rotatable bonds is 6. The van der Waals surface area contributed by atoms with Crippen LogP contribution >= 0.6 is 0 Å². The van der Waals surface area contributed by atoms with Crippen LogP contribution in [-0.2, 0) is 14.8 Å². The number of aromatic nitrogens is 1. The zero-order valence-corrected chi connectivity index (χ0v) is 21.6. The third-order valence-electron chi connectivity index (χ3n) is 8.06. The van der Waals surface area contributed by atoms with Crippen molar-refractivity contribution in [3.63, 3.8) is 0 Å². The maximum absolute atomic E-state index is 13.3. The molecule has 3 amide bonds. The molecule has 190 valence electrons. The van der Waals surface area contributed by atoms with Gasteiger partial charge in [0.05, 0.1) is 15.8 Å². The molecule has 10 heteroatoms. The van der Waals surface area contributed by atoms with E-state index in [0.717, 1.165) is 42.2 Å². The monoisotopic (exact) mass is 509 g/mol. The molecule has 2 N–H and O–H groups in total. The highest BCUT2D eigenvalue weighted by atomic mass is 32.2. The van der Waals surface area contributed by atoms with Crippen molar-refractivity contribution in [2.24, 2.45) is 11.3 Å². The SMILES string of the molecule is CN(C)C(=O)N1CC=C(c2cc(S(=O)(=O)NC3(C)CC3)cc3nc(NC(=O)C45CC4C5)ccc23)CC1. The number of hydrogen-bond acceptors (Lipinski definition) is 5. The molecule has 6 rings (SSSR count). The molecule has 4 aliphatic rings. The minimum atomic E-state index is -3.76. The normalized spacial score (nSPS) is 25.6. The molecule has 3 aliphatic carbocycles. The number of carbonyl (C=O) groups is 2. The lowest BCUT2D eigenvalue weighted by molar-refractivity contribution is -0.119. The second-order valence-corrected chi connectivity index (χ2v) is 12.9. The zero-order chi connectivity index (χ0) is 25.5. The lowest BCUT2D eigenvalue weighted by Crippen LogP contribution is -2.41. The highest BCUT2D eigenvalue weighted by Gasteiger charge is 2.74. The van der Waals surface area contributed by atoms with Crippen molar-refractivity contribution in [2.45, 2.75) is 49.5 Å². The van der Waals surface area contributed by atoms with Gasteiger partial charge >= 0.3 is 6.03 Å². The van der Waals surface area contributed by atoms with Crippen LogP contribution in [0, 0.1) is 11.3 Å². The molecule has 1 aromatic carbocycles. The molecule has 1 aliphatic heterocycles. The second kappa shape index (κ2) is 7.76. The minimum absolute atomic E-state index is 0.00677. The molecule has 0 unspecified atom stereocenters. The molecule has 0 atom stereocenters. The van der Waals surface area contributed by atoms with Crippen LogP contribution in [0.3, 0.4) is 0 Å². The fraction of sp³-hybridized carbons (Fsp3) is 0.500. The molecular formula is C26H31N5O4S.